The highest BCUT2D eigenvalue weighted by Crippen LogP contribution is 2.33. The highest BCUT2D eigenvalue weighted by molar-refractivity contribution is 5.83. The Hall–Kier alpha value is -3.94. The number of rotatable bonds is 7. The summed E-state index contributed by atoms with van der Waals surface area (Å²) in [6, 6.07) is 0.967. The Morgan fingerprint density at radius 3 is 2.45 bits per heavy atom. The quantitative estimate of drug-likeness (QED) is 0.477. The number of nitrogens with zero attached hydrogens (tertiary/aromatic N) is 6. The molecule has 0 spiro atoms. The maximum Gasteiger partial charge on any atom is 0.423 e. The van der Waals surface area contributed by atoms with Crippen molar-refractivity contribution in [2.45, 2.75) is 50.3 Å². The Bertz CT molecular complexity index is 1310. The molecule has 2 fully saturated rings. The summed E-state index contributed by atoms with van der Waals surface area (Å²) in [6.45, 7) is 2.06. The second-order valence-electron chi connectivity index (χ2n) is 9.48. The molecule has 4 heterocycles. The molecule has 3 unspecified atom stereocenters. The van der Waals surface area contributed by atoms with Gasteiger partial charge in [0, 0.05) is 44.5 Å². The first-order valence-electron chi connectivity index (χ1n) is 12.2. The number of H-pyrrole nitrogens is 1. The summed E-state index contributed by atoms with van der Waals surface area (Å²) in [6.07, 6.45) is -7.53. The fourth-order valence-electron chi connectivity index (χ4n) is 4.77. The molecular formula is C23H24F6N8O3. The van der Waals surface area contributed by atoms with Crippen molar-refractivity contribution in [1.29, 1.82) is 5.26 Å². The Balaban J connectivity index is 1.33. The third-order valence-electron chi connectivity index (χ3n) is 6.67. The van der Waals surface area contributed by atoms with Crippen LogP contribution in [0.15, 0.2) is 23.4 Å². The van der Waals surface area contributed by atoms with Gasteiger partial charge in [0.25, 0.3) is 11.5 Å². The number of hydrogen-bond acceptors (Lipinski definition) is 9. The number of aromatic amines is 1. The number of likely N-dealkylation sites (tertiary alicyclic amines) is 1. The highest BCUT2D eigenvalue weighted by Gasteiger charge is 2.43. The summed E-state index contributed by atoms with van der Waals surface area (Å²) in [4.78, 5) is 35.4. The molecule has 0 bridgehead atoms. The molecule has 1 amide bonds. The van der Waals surface area contributed by atoms with Gasteiger partial charge in [-0.2, -0.15) is 36.7 Å². The topological polar surface area (TPSA) is 140 Å². The van der Waals surface area contributed by atoms with Crippen LogP contribution in [0.25, 0.3) is 0 Å². The highest BCUT2D eigenvalue weighted by atomic mass is 19.4. The number of anilines is 2. The van der Waals surface area contributed by atoms with Crippen LogP contribution in [-0.4, -0.2) is 75.4 Å². The Kier molecular flexibility index (Phi) is 8.19. The molecule has 2 saturated heterocycles. The molecule has 40 heavy (non-hydrogen) atoms. The van der Waals surface area contributed by atoms with E-state index < -0.39 is 58.8 Å². The Morgan fingerprint density at radius 1 is 1.12 bits per heavy atom. The van der Waals surface area contributed by atoms with Gasteiger partial charge in [0.05, 0.1) is 42.1 Å². The summed E-state index contributed by atoms with van der Waals surface area (Å²) < 4.78 is 83.8. The van der Waals surface area contributed by atoms with E-state index in [-0.39, 0.29) is 25.0 Å². The summed E-state index contributed by atoms with van der Waals surface area (Å²) in [5.74, 6) is -0.996. The lowest BCUT2D eigenvalue weighted by molar-refractivity contribution is -0.140. The first-order chi connectivity index (χ1) is 18.8. The average molecular weight is 574 g/mol. The minimum absolute atomic E-state index is 0.0476. The molecule has 0 aromatic carbocycles. The second kappa shape index (κ2) is 11.3. The van der Waals surface area contributed by atoms with Crippen LogP contribution < -0.4 is 15.8 Å². The second-order valence-corrected chi connectivity index (χ2v) is 9.48. The largest absolute Gasteiger partial charge is 0.423 e. The van der Waals surface area contributed by atoms with E-state index in [2.05, 4.69) is 26.5 Å². The van der Waals surface area contributed by atoms with Crippen molar-refractivity contribution >= 4 is 17.5 Å². The summed E-state index contributed by atoms with van der Waals surface area (Å²) in [7, 11) is 0. The van der Waals surface area contributed by atoms with Gasteiger partial charge in [-0.25, -0.2) is 15.1 Å². The molecule has 2 aliphatic heterocycles. The van der Waals surface area contributed by atoms with Gasteiger partial charge in [-0.15, -0.1) is 0 Å². The SMILES string of the molecule is CC(CO[C@@H]1CCN(C2CCN(c3ncc(C(F)(F)F)cn3)CC2C#N)C1=O)Nc1cn[nH]c(=O)c1C(F)(F)F. The minimum atomic E-state index is -4.91. The van der Waals surface area contributed by atoms with E-state index in [1.54, 1.807) is 10.00 Å². The zero-order valence-corrected chi connectivity index (χ0v) is 21.0. The molecule has 0 aliphatic carbocycles. The number of halogens is 6. The predicted molar refractivity (Wildman–Crippen MR) is 126 cm³/mol. The van der Waals surface area contributed by atoms with E-state index in [1.807, 2.05) is 0 Å². The van der Waals surface area contributed by atoms with Gasteiger partial charge in [0.15, 0.2) is 0 Å². The average Bonchev–Trinajstić information content (AvgIpc) is 3.25. The van der Waals surface area contributed by atoms with Crippen LogP contribution in [-0.2, 0) is 21.9 Å². The molecule has 4 atom stereocenters. The third kappa shape index (κ3) is 6.27. The predicted octanol–water partition coefficient (Wildman–Crippen LogP) is 2.43. The van der Waals surface area contributed by atoms with Crippen molar-refractivity contribution in [3.63, 3.8) is 0 Å². The van der Waals surface area contributed by atoms with E-state index >= 15 is 0 Å². The normalized spacial score (nSPS) is 22.8. The first kappa shape index (κ1) is 29.1. The van der Waals surface area contributed by atoms with Gasteiger partial charge in [0.2, 0.25) is 5.95 Å². The molecule has 2 aromatic heterocycles. The summed E-state index contributed by atoms with van der Waals surface area (Å²) in [5, 5.41) is 17.4. The minimum Gasteiger partial charge on any atom is -0.378 e. The summed E-state index contributed by atoms with van der Waals surface area (Å²) in [5.41, 5.74) is -4.33. The van der Waals surface area contributed by atoms with Crippen LogP contribution in [0.1, 0.15) is 30.9 Å². The zero-order chi connectivity index (χ0) is 29.2. The lowest BCUT2D eigenvalue weighted by Crippen LogP contribution is -2.52. The number of nitrogens with one attached hydrogen (secondary N) is 2. The van der Waals surface area contributed by atoms with E-state index in [9.17, 15) is 41.2 Å². The fraction of sp³-hybridized carbons (Fsp3) is 0.565. The maximum absolute atomic E-state index is 13.3. The molecule has 2 aliphatic rings. The molecule has 11 nitrogen and oxygen atoms in total. The van der Waals surface area contributed by atoms with Crippen LogP contribution in [0.5, 0.6) is 0 Å². The number of nitriles is 1. The third-order valence-corrected chi connectivity index (χ3v) is 6.67. The van der Waals surface area contributed by atoms with Crippen molar-refractivity contribution < 1.29 is 35.9 Å². The van der Waals surface area contributed by atoms with E-state index in [0.29, 0.717) is 38.3 Å². The number of hydrogen-bond donors (Lipinski definition) is 2. The number of piperidine rings is 1. The van der Waals surface area contributed by atoms with Crippen molar-refractivity contribution in [3.8, 4) is 6.07 Å². The van der Waals surface area contributed by atoms with Crippen molar-refractivity contribution in [3.05, 3.63) is 40.1 Å². The first-order valence-corrected chi connectivity index (χ1v) is 12.2. The van der Waals surface area contributed by atoms with E-state index in [4.69, 9.17) is 4.74 Å². The van der Waals surface area contributed by atoms with Gasteiger partial charge in [0.1, 0.15) is 11.7 Å². The molecule has 17 heteroatoms. The molecule has 4 rings (SSSR count). The molecule has 2 N–H and O–H groups in total. The maximum atomic E-state index is 13.3. The molecule has 216 valence electrons. The lowest BCUT2D eigenvalue weighted by Gasteiger charge is -2.39. The van der Waals surface area contributed by atoms with Crippen LogP contribution >= 0.6 is 0 Å². The van der Waals surface area contributed by atoms with Gasteiger partial charge in [-0.3, -0.25) is 9.59 Å². The number of alkyl halides is 6. The summed E-state index contributed by atoms with van der Waals surface area (Å²) >= 11 is 0. The van der Waals surface area contributed by atoms with Crippen LogP contribution in [0.2, 0.25) is 0 Å². The fourth-order valence-corrected chi connectivity index (χ4v) is 4.77. The van der Waals surface area contributed by atoms with E-state index in [1.165, 1.54) is 11.8 Å². The smallest absolute Gasteiger partial charge is 0.378 e. The molecule has 2 aromatic rings. The Labute approximate surface area is 223 Å². The number of carbonyl (C=O) groups is 1. The number of ether oxygens (including phenoxy) is 1. The zero-order valence-electron chi connectivity index (χ0n) is 21.0. The van der Waals surface area contributed by atoms with Crippen LogP contribution in [0.3, 0.4) is 0 Å². The number of carbonyl (C=O) groups excluding carboxylic acids is 1. The van der Waals surface area contributed by atoms with Gasteiger partial charge in [-0.1, -0.05) is 0 Å². The van der Waals surface area contributed by atoms with Crippen LogP contribution in [0.4, 0.5) is 38.0 Å². The lowest BCUT2D eigenvalue weighted by atomic mass is 9.92. The van der Waals surface area contributed by atoms with Gasteiger partial charge in [-0.05, 0) is 13.3 Å². The standard InChI is InChI=1S/C23H24F6N8O3/c1-12(34-15-9-33-35-19(38)18(15)23(27,28)29)11-40-17-3-5-37(20(17)39)16-2-4-36(10-13(16)6-30)21-31-7-14(8-32-21)22(24,25)26/h7-9,12-13,16-17H,2-5,10-11H2,1H3,(H2,34,35,38)/t12?,13?,16?,17-/m1/s1. The number of aromatic nitrogens is 4. The van der Waals surface area contributed by atoms with Crippen LogP contribution in [0, 0.1) is 17.2 Å². The van der Waals surface area contributed by atoms with Crippen molar-refractivity contribution in [1.82, 2.24) is 25.1 Å². The van der Waals surface area contributed by atoms with Gasteiger partial charge < -0.3 is 19.9 Å². The molecule has 0 radical (unpaired) electrons. The van der Waals surface area contributed by atoms with E-state index in [0.717, 1.165) is 6.20 Å². The Morgan fingerprint density at radius 2 is 1.82 bits per heavy atom. The van der Waals surface area contributed by atoms with Gasteiger partial charge >= 0.3 is 12.4 Å². The number of amides is 1. The molecule has 0 saturated carbocycles. The molecular weight excluding hydrogens is 550 g/mol. The van der Waals surface area contributed by atoms with Crippen molar-refractivity contribution in [2.24, 2.45) is 5.92 Å². The monoisotopic (exact) mass is 574 g/mol. The van der Waals surface area contributed by atoms with Crippen molar-refractivity contribution in [2.75, 3.05) is 36.5 Å².